The first-order valence-corrected chi connectivity index (χ1v) is 6.68. The molecule has 2 aromatic carbocycles. The zero-order valence-corrected chi connectivity index (χ0v) is 11.3. The molecule has 0 aliphatic rings. The van der Waals surface area contributed by atoms with Gasteiger partial charge in [-0.05, 0) is 30.3 Å². The molecule has 0 saturated carbocycles. The number of hydrogen-bond donors (Lipinski definition) is 0. The fourth-order valence-electron chi connectivity index (χ4n) is 2.07. The Hall–Kier alpha value is -2.62. The van der Waals surface area contributed by atoms with Crippen LogP contribution in [0.2, 0.25) is 0 Å². The van der Waals surface area contributed by atoms with Crippen molar-refractivity contribution in [2.75, 3.05) is 13.2 Å². The van der Waals surface area contributed by atoms with E-state index in [0.29, 0.717) is 29.9 Å². The highest BCUT2D eigenvalue weighted by atomic mass is 19.1. The maximum absolute atomic E-state index is 13.6. The van der Waals surface area contributed by atoms with Crippen LogP contribution in [0, 0.1) is 5.82 Å². The Balaban J connectivity index is 1.65. The normalized spacial score (nSPS) is 10.5. The molecule has 21 heavy (non-hydrogen) atoms. The Labute approximate surface area is 122 Å². The Morgan fingerprint density at radius 3 is 2.52 bits per heavy atom. The molecule has 0 radical (unpaired) electrons. The van der Waals surface area contributed by atoms with Crippen molar-refractivity contribution in [2.45, 2.75) is 0 Å². The summed E-state index contributed by atoms with van der Waals surface area (Å²) >= 11 is 0. The van der Waals surface area contributed by atoms with Gasteiger partial charge in [-0.1, -0.05) is 24.3 Å². The standard InChI is InChI=1S/C17H14FNO2/c18-15-8-4-7-14-16(9-10-19-17(14)15)21-12-11-20-13-5-2-1-3-6-13/h1-10H,11-12H2. The Bertz CT molecular complexity index is 731. The van der Waals surface area contributed by atoms with Gasteiger partial charge in [-0.25, -0.2) is 4.39 Å². The number of rotatable bonds is 5. The van der Waals surface area contributed by atoms with Gasteiger partial charge in [0, 0.05) is 11.6 Å². The molecule has 0 saturated heterocycles. The molecule has 4 heteroatoms. The van der Waals surface area contributed by atoms with Gasteiger partial charge >= 0.3 is 0 Å². The topological polar surface area (TPSA) is 31.4 Å². The monoisotopic (exact) mass is 283 g/mol. The van der Waals surface area contributed by atoms with Gasteiger partial charge < -0.3 is 9.47 Å². The van der Waals surface area contributed by atoms with E-state index in [0.717, 1.165) is 5.75 Å². The average Bonchev–Trinajstić information content (AvgIpc) is 2.53. The maximum Gasteiger partial charge on any atom is 0.149 e. The largest absolute Gasteiger partial charge is 0.490 e. The first-order chi connectivity index (χ1) is 10.3. The quantitative estimate of drug-likeness (QED) is 0.667. The molecule has 0 atom stereocenters. The summed E-state index contributed by atoms with van der Waals surface area (Å²) in [4.78, 5) is 4.03. The first kappa shape index (κ1) is 13.4. The van der Waals surface area contributed by atoms with Crippen molar-refractivity contribution < 1.29 is 13.9 Å². The number of pyridine rings is 1. The van der Waals surface area contributed by atoms with E-state index in [2.05, 4.69) is 4.98 Å². The van der Waals surface area contributed by atoms with E-state index in [1.54, 1.807) is 24.4 Å². The van der Waals surface area contributed by atoms with Crippen LogP contribution in [0.5, 0.6) is 11.5 Å². The molecule has 0 amide bonds. The van der Waals surface area contributed by atoms with Crippen LogP contribution >= 0.6 is 0 Å². The zero-order chi connectivity index (χ0) is 14.5. The van der Waals surface area contributed by atoms with Gasteiger partial charge in [0.15, 0.2) is 0 Å². The van der Waals surface area contributed by atoms with Crippen LogP contribution in [0.1, 0.15) is 0 Å². The second kappa shape index (κ2) is 6.22. The van der Waals surface area contributed by atoms with Gasteiger partial charge in [-0.2, -0.15) is 0 Å². The molecule has 0 N–H and O–H groups in total. The predicted molar refractivity (Wildman–Crippen MR) is 79.1 cm³/mol. The predicted octanol–water partition coefficient (Wildman–Crippen LogP) is 3.83. The number of halogens is 1. The average molecular weight is 283 g/mol. The number of para-hydroxylation sites is 2. The molecule has 3 nitrogen and oxygen atoms in total. The molecule has 0 bridgehead atoms. The van der Waals surface area contributed by atoms with E-state index in [9.17, 15) is 4.39 Å². The molecular weight excluding hydrogens is 269 g/mol. The van der Waals surface area contributed by atoms with E-state index in [-0.39, 0.29) is 5.82 Å². The second-order valence-electron chi connectivity index (χ2n) is 4.46. The van der Waals surface area contributed by atoms with Crippen LogP contribution in [-0.4, -0.2) is 18.2 Å². The maximum atomic E-state index is 13.6. The van der Waals surface area contributed by atoms with Crippen LogP contribution in [0.4, 0.5) is 4.39 Å². The van der Waals surface area contributed by atoms with Crippen LogP contribution in [0.25, 0.3) is 10.9 Å². The Morgan fingerprint density at radius 2 is 1.67 bits per heavy atom. The molecule has 0 spiro atoms. The summed E-state index contributed by atoms with van der Waals surface area (Å²) in [5, 5.41) is 0.664. The summed E-state index contributed by atoms with van der Waals surface area (Å²) in [6.07, 6.45) is 1.54. The van der Waals surface area contributed by atoms with Crippen molar-refractivity contribution in [1.82, 2.24) is 4.98 Å². The minimum atomic E-state index is -0.349. The van der Waals surface area contributed by atoms with Crippen molar-refractivity contribution in [3.8, 4) is 11.5 Å². The summed E-state index contributed by atoms with van der Waals surface area (Å²) in [5.41, 5.74) is 0.318. The third-order valence-corrected chi connectivity index (χ3v) is 3.03. The Kier molecular flexibility index (Phi) is 3.96. The van der Waals surface area contributed by atoms with Crippen molar-refractivity contribution >= 4 is 10.9 Å². The molecule has 0 fully saturated rings. The molecule has 1 heterocycles. The van der Waals surface area contributed by atoms with Crippen molar-refractivity contribution in [1.29, 1.82) is 0 Å². The van der Waals surface area contributed by atoms with Crippen LogP contribution in [0.3, 0.4) is 0 Å². The lowest BCUT2D eigenvalue weighted by Crippen LogP contribution is -2.09. The fourth-order valence-corrected chi connectivity index (χ4v) is 2.07. The lowest BCUT2D eigenvalue weighted by Gasteiger charge is -2.10. The van der Waals surface area contributed by atoms with E-state index in [4.69, 9.17) is 9.47 Å². The number of ether oxygens (including phenoxy) is 2. The highest BCUT2D eigenvalue weighted by Crippen LogP contribution is 2.25. The summed E-state index contributed by atoms with van der Waals surface area (Å²) in [6.45, 7) is 0.799. The van der Waals surface area contributed by atoms with Gasteiger partial charge in [0.1, 0.15) is 36.0 Å². The van der Waals surface area contributed by atoms with Crippen molar-refractivity contribution in [3.05, 3.63) is 66.6 Å². The third-order valence-electron chi connectivity index (χ3n) is 3.03. The van der Waals surface area contributed by atoms with E-state index >= 15 is 0 Å². The van der Waals surface area contributed by atoms with Crippen LogP contribution in [-0.2, 0) is 0 Å². The number of fused-ring (bicyclic) bond motifs is 1. The highest BCUT2D eigenvalue weighted by Gasteiger charge is 2.06. The number of hydrogen-bond acceptors (Lipinski definition) is 3. The van der Waals surface area contributed by atoms with Crippen LogP contribution in [0.15, 0.2) is 60.8 Å². The Morgan fingerprint density at radius 1 is 0.857 bits per heavy atom. The molecular formula is C17H14FNO2. The van der Waals surface area contributed by atoms with Crippen LogP contribution < -0.4 is 9.47 Å². The van der Waals surface area contributed by atoms with E-state index in [1.807, 2.05) is 30.3 Å². The molecule has 0 aliphatic heterocycles. The van der Waals surface area contributed by atoms with Crippen molar-refractivity contribution in [3.63, 3.8) is 0 Å². The summed E-state index contributed by atoms with van der Waals surface area (Å²) in [5.74, 6) is 1.06. The lowest BCUT2D eigenvalue weighted by atomic mass is 10.2. The lowest BCUT2D eigenvalue weighted by molar-refractivity contribution is 0.218. The number of aromatic nitrogens is 1. The van der Waals surface area contributed by atoms with Gasteiger partial charge in [-0.15, -0.1) is 0 Å². The number of nitrogens with zero attached hydrogens (tertiary/aromatic N) is 1. The zero-order valence-electron chi connectivity index (χ0n) is 11.3. The minimum absolute atomic E-state index is 0.318. The number of benzene rings is 2. The molecule has 0 aliphatic carbocycles. The summed E-state index contributed by atoms with van der Waals surface area (Å²) in [6, 6.07) is 16.1. The minimum Gasteiger partial charge on any atom is -0.490 e. The highest BCUT2D eigenvalue weighted by molar-refractivity contribution is 5.85. The third kappa shape index (κ3) is 3.11. The molecule has 0 unspecified atom stereocenters. The molecule has 3 aromatic rings. The van der Waals surface area contributed by atoms with Gasteiger partial charge in [0.25, 0.3) is 0 Å². The first-order valence-electron chi connectivity index (χ1n) is 6.68. The fraction of sp³-hybridized carbons (Fsp3) is 0.118. The van der Waals surface area contributed by atoms with Gasteiger partial charge in [0.05, 0.1) is 0 Å². The van der Waals surface area contributed by atoms with Crippen molar-refractivity contribution in [2.24, 2.45) is 0 Å². The molecule has 1 aromatic heterocycles. The summed E-state index contributed by atoms with van der Waals surface area (Å²) in [7, 11) is 0. The van der Waals surface area contributed by atoms with Gasteiger partial charge in [-0.3, -0.25) is 4.98 Å². The molecule has 3 rings (SSSR count). The smallest absolute Gasteiger partial charge is 0.149 e. The summed E-state index contributed by atoms with van der Waals surface area (Å²) < 4.78 is 24.8. The van der Waals surface area contributed by atoms with E-state index in [1.165, 1.54) is 6.07 Å². The van der Waals surface area contributed by atoms with E-state index < -0.39 is 0 Å². The second-order valence-corrected chi connectivity index (χ2v) is 4.46. The van der Waals surface area contributed by atoms with Gasteiger partial charge in [0.2, 0.25) is 0 Å². The molecule has 106 valence electrons. The SMILES string of the molecule is Fc1cccc2c(OCCOc3ccccc3)ccnc12.